The molecule has 2 fully saturated rings. The van der Waals surface area contributed by atoms with Crippen molar-refractivity contribution in [3.63, 3.8) is 0 Å². The highest BCUT2D eigenvalue weighted by molar-refractivity contribution is 7.81. The van der Waals surface area contributed by atoms with Crippen molar-refractivity contribution in [1.29, 1.82) is 0 Å². The van der Waals surface area contributed by atoms with Crippen LogP contribution in [0.2, 0.25) is 0 Å². The van der Waals surface area contributed by atoms with E-state index in [0.29, 0.717) is 19.1 Å². The number of hydrogen-bond donors (Lipinski definition) is 1. The van der Waals surface area contributed by atoms with Crippen LogP contribution >= 0.6 is 12.6 Å². The van der Waals surface area contributed by atoms with Crippen molar-refractivity contribution in [1.82, 2.24) is 4.90 Å². The molecule has 1 saturated heterocycles. The molecule has 4 nitrogen and oxygen atoms in total. The highest BCUT2D eigenvalue weighted by atomic mass is 32.1. The van der Waals surface area contributed by atoms with Gasteiger partial charge in [-0.3, -0.25) is 9.59 Å². The van der Waals surface area contributed by atoms with Gasteiger partial charge in [-0.15, -0.1) is 0 Å². The van der Waals surface area contributed by atoms with Gasteiger partial charge in [0.1, 0.15) is 0 Å². The van der Waals surface area contributed by atoms with Crippen LogP contribution < -0.4 is 0 Å². The third-order valence-electron chi connectivity index (χ3n) is 3.90. The zero-order valence-corrected chi connectivity index (χ0v) is 11.7. The van der Waals surface area contributed by atoms with Gasteiger partial charge in [0.05, 0.1) is 12.5 Å². The van der Waals surface area contributed by atoms with Crippen LogP contribution in [0.3, 0.4) is 0 Å². The second-order valence-electron chi connectivity index (χ2n) is 5.16. The predicted octanol–water partition coefficient (Wildman–Crippen LogP) is 1.64. The monoisotopic (exact) mass is 271 g/mol. The number of amides is 1. The first kappa shape index (κ1) is 13.7. The van der Waals surface area contributed by atoms with Crippen LogP contribution in [0.15, 0.2) is 0 Å². The Morgan fingerprint density at radius 1 is 1.39 bits per heavy atom. The number of ether oxygens (including phenoxy) is 1. The van der Waals surface area contributed by atoms with Crippen LogP contribution in [0.1, 0.15) is 39.0 Å². The van der Waals surface area contributed by atoms with Crippen molar-refractivity contribution in [2.75, 3.05) is 13.2 Å². The summed E-state index contributed by atoms with van der Waals surface area (Å²) in [5, 5.41) is 0.181. The molecule has 2 aliphatic rings. The molecule has 5 heteroatoms. The van der Waals surface area contributed by atoms with E-state index >= 15 is 0 Å². The summed E-state index contributed by atoms with van der Waals surface area (Å²) in [6.45, 7) is 3.04. The minimum absolute atomic E-state index is 0.0331. The Morgan fingerprint density at radius 3 is 2.56 bits per heavy atom. The average Bonchev–Trinajstić information content (AvgIpc) is 2.69. The predicted molar refractivity (Wildman–Crippen MR) is 71.5 cm³/mol. The molecule has 1 amide bonds. The first-order valence-electron chi connectivity index (χ1n) is 6.76. The highest BCUT2D eigenvalue weighted by Gasteiger charge is 2.36. The molecule has 0 bridgehead atoms. The number of nitrogens with zero attached hydrogens (tertiary/aromatic N) is 1. The van der Waals surface area contributed by atoms with Gasteiger partial charge in [0.2, 0.25) is 5.91 Å². The molecular formula is C13H21NO3S. The molecule has 1 atom stereocenters. The molecule has 0 radical (unpaired) electrons. The summed E-state index contributed by atoms with van der Waals surface area (Å²) < 4.78 is 5.05. The van der Waals surface area contributed by atoms with Gasteiger partial charge < -0.3 is 9.64 Å². The zero-order chi connectivity index (χ0) is 13.1. The zero-order valence-electron chi connectivity index (χ0n) is 10.8. The number of hydrogen-bond acceptors (Lipinski definition) is 4. The summed E-state index contributed by atoms with van der Waals surface area (Å²) in [6.07, 6.45) is 4.06. The third-order valence-corrected chi connectivity index (χ3v) is 4.24. The summed E-state index contributed by atoms with van der Waals surface area (Å²) in [4.78, 5) is 25.4. The Bertz CT molecular complexity index is 326. The third kappa shape index (κ3) is 2.99. The minimum atomic E-state index is -0.0734. The molecule has 18 heavy (non-hydrogen) atoms. The van der Waals surface area contributed by atoms with E-state index in [1.54, 1.807) is 0 Å². The van der Waals surface area contributed by atoms with Crippen molar-refractivity contribution in [3.8, 4) is 0 Å². The lowest BCUT2D eigenvalue weighted by molar-refractivity contribution is -0.149. The second-order valence-corrected chi connectivity index (χ2v) is 5.89. The normalized spacial score (nSPS) is 32.7. The molecule has 0 aromatic rings. The van der Waals surface area contributed by atoms with Crippen LogP contribution in [0.25, 0.3) is 0 Å². The van der Waals surface area contributed by atoms with Gasteiger partial charge in [0.25, 0.3) is 0 Å². The lowest BCUT2D eigenvalue weighted by atomic mass is 9.85. The molecule has 1 unspecified atom stereocenters. The summed E-state index contributed by atoms with van der Waals surface area (Å²) >= 11 is 4.37. The lowest BCUT2D eigenvalue weighted by Crippen LogP contribution is -2.40. The van der Waals surface area contributed by atoms with E-state index in [-0.39, 0.29) is 23.0 Å². The molecule has 0 spiro atoms. The number of carbonyl (C=O) groups excluding carboxylic acids is 2. The van der Waals surface area contributed by atoms with E-state index in [1.165, 1.54) is 0 Å². The molecule has 0 aromatic carbocycles. The Hall–Kier alpha value is -0.710. The Kier molecular flexibility index (Phi) is 4.54. The Morgan fingerprint density at radius 2 is 2.06 bits per heavy atom. The SMILES string of the molecule is CCOC(=O)C1CCC(N2CC(S)CC2=O)CC1. The first-order chi connectivity index (χ1) is 8.61. The second kappa shape index (κ2) is 5.95. The van der Waals surface area contributed by atoms with E-state index < -0.39 is 0 Å². The van der Waals surface area contributed by atoms with Crippen molar-refractivity contribution < 1.29 is 14.3 Å². The number of esters is 1. The lowest BCUT2D eigenvalue weighted by Gasteiger charge is -2.33. The van der Waals surface area contributed by atoms with Gasteiger partial charge in [0, 0.05) is 24.3 Å². The molecule has 2 rings (SSSR count). The Labute approximate surface area is 113 Å². The maximum atomic E-state index is 11.8. The number of likely N-dealkylation sites (tertiary alicyclic amines) is 1. The molecule has 1 aliphatic heterocycles. The van der Waals surface area contributed by atoms with E-state index in [4.69, 9.17) is 4.74 Å². The van der Waals surface area contributed by atoms with Gasteiger partial charge in [-0.1, -0.05) is 0 Å². The molecule has 1 aliphatic carbocycles. The summed E-state index contributed by atoms with van der Waals surface area (Å²) in [7, 11) is 0. The fourth-order valence-corrected chi connectivity index (χ4v) is 3.28. The summed E-state index contributed by atoms with van der Waals surface area (Å²) in [5.74, 6) is 0.177. The number of thiol groups is 1. The van der Waals surface area contributed by atoms with Crippen molar-refractivity contribution in [2.45, 2.75) is 50.3 Å². The molecule has 1 heterocycles. The van der Waals surface area contributed by atoms with Crippen molar-refractivity contribution >= 4 is 24.5 Å². The van der Waals surface area contributed by atoms with Crippen LogP contribution in [-0.2, 0) is 14.3 Å². The molecule has 0 aromatic heterocycles. The van der Waals surface area contributed by atoms with Crippen LogP contribution in [0, 0.1) is 5.92 Å². The summed E-state index contributed by atoms with van der Waals surface area (Å²) in [6, 6.07) is 0.306. The van der Waals surface area contributed by atoms with Gasteiger partial charge in [-0.25, -0.2) is 0 Å². The van der Waals surface area contributed by atoms with E-state index in [0.717, 1.165) is 32.2 Å². The average molecular weight is 271 g/mol. The van der Waals surface area contributed by atoms with E-state index in [1.807, 2.05) is 11.8 Å². The maximum absolute atomic E-state index is 11.8. The topological polar surface area (TPSA) is 46.6 Å². The standard InChI is InChI=1S/C13H21NO3S/c1-2-17-13(16)9-3-5-10(6-4-9)14-8-11(18)7-12(14)15/h9-11,18H,2-8H2,1H3. The van der Waals surface area contributed by atoms with Gasteiger partial charge in [-0.05, 0) is 32.6 Å². The van der Waals surface area contributed by atoms with E-state index in [2.05, 4.69) is 12.6 Å². The molecule has 1 saturated carbocycles. The fourth-order valence-electron chi connectivity index (χ4n) is 2.95. The van der Waals surface area contributed by atoms with Crippen molar-refractivity contribution in [2.24, 2.45) is 5.92 Å². The van der Waals surface area contributed by atoms with E-state index in [9.17, 15) is 9.59 Å². The summed E-state index contributed by atoms with van der Waals surface area (Å²) in [5.41, 5.74) is 0. The van der Waals surface area contributed by atoms with Crippen LogP contribution in [0.4, 0.5) is 0 Å². The molecule has 0 N–H and O–H groups in total. The molecular weight excluding hydrogens is 250 g/mol. The van der Waals surface area contributed by atoms with Gasteiger partial charge in [0.15, 0.2) is 0 Å². The van der Waals surface area contributed by atoms with Crippen LogP contribution in [-0.4, -0.2) is 41.2 Å². The van der Waals surface area contributed by atoms with Gasteiger partial charge in [-0.2, -0.15) is 12.6 Å². The highest BCUT2D eigenvalue weighted by Crippen LogP contribution is 2.31. The Balaban J connectivity index is 1.83. The number of carbonyl (C=O) groups is 2. The first-order valence-corrected chi connectivity index (χ1v) is 7.27. The molecule has 102 valence electrons. The van der Waals surface area contributed by atoms with Crippen LogP contribution in [0.5, 0.6) is 0 Å². The maximum Gasteiger partial charge on any atom is 0.308 e. The largest absolute Gasteiger partial charge is 0.466 e. The smallest absolute Gasteiger partial charge is 0.308 e. The van der Waals surface area contributed by atoms with Gasteiger partial charge >= 0.3 is 5.97 Å². The number of rotatable bonds is 3. The van der Waals surface area contributed by atoms with Crippen molar-refractivity contribution in [3.05, 3.63) is 0 Å². The quantitative estimate of drug-likeness (QED) is 0.627. The minimum Gasteiger partial charge on any atom is -0.466 e. The fraction of sp³-hybridized carbons (Fsp3) is 0.846.